The highest BCUT2D eigenvalue weighted by Crippen LogP contribution is 2.48. The number of nitrogens with zero attached hydrogens (tertiary/aromatic N) is 2. The average Bonchev–Trinajstić information content (AvgIpc) is 3.39. The molecule has 2 aromatic carbocycles. The highest BCUT2D eigenvalue weighted by Gasteiger charge is 2.43. The largest absolute Gasteiger partial charge is 0.467 e. The Morgan fingerprint density at radius 2 is 1.80 bits per heavy atom. The van der Waals surface area contributed by atoms with Crippen molar-refractivity contribution >= 4 is 11.8 Å². The summed E-state index contributed by atoms with van der Waals surface area (Å²) in [5, 5.41) is 0.758. The molecule has 2 aromatic heterocycles. The van der Waals surface area contributed by atoms with Crippen molar-refractivity contribution in [1.29, 1.82) is 0 Å². The number of benzene rings is 2. The molecule has 2 heterocycles. The maximum absolute atomic E-state index is 14.4. The average molecular weight is 483 g/mol. The summed E-state index contributed by atoms with van der Waals surface area (Å²) in [6, 6.07) is 20.9. The fourth-order valence-corrected chi connectivity index (χ4v) is 6.81. The van der Waals surface area contributed by atoms with E-state index in [0.29, 0.717) is 6.54 Å². The number of thioether (sulfide) groups is 1. The second-order valence-corrected chi connectivity index (χ2v) is 11.0. The van der Waals surface area contributed by atoms with Crippen LogP contribution in [0.15, 0.2) is 81.3 Å². The van der Waals surface area contributed by atoms with Crippen LogP contribution in [-0.2, 0) is 24.1 Å². The van der Waals surface area contributed by atoms with Gasteiger partial charge in [0.2, 0.25) is 0 Å². The fourth-order valence-electron chi connectivity index (χ4n) is 5.86. The monoisotopic (exact) mass is 482 g/mol. The zero-order valence-corrected chi connectivity index (χ0v) is 20.9. The van der Waals surface area contributed by atoms with E-state index in [1.54, 1.807) is 18.0 Å². The van der Waals surface area contributed by atoms with E-state index in [-0.39, 0.29) is 11.0 Å². The van der Waals surface area contributed by atoms with Crippen molar-refractivity contribution in [1.82, 2.24) is 9.55 Å². The smallest absolute Gasteiger partial charge is 0.258 e. The van der Waals surface area contributed by atoms with E-state index < -0.39 is 0 Å². The van der Waals surface area contributed by atoms with Gasteiger partial charge in [0.25, 0.3) is 5.56 Å². The Morgan fingerprint density at radius 1 is 1.00 bits per heavy atom. The van der Waals surface area contributed by atoms with E-state index in [4.69, 9.17) is 9.40 Å². The van der Waals surface area contributed by atoms with Crippen LogP contribution in [0.5, 0.6) is 0 Å². The van der Waals surface area contributed by atoms with E-state index in [2.05, 4.69) is 55.5 Å². The minimum atomic E-state index is -0.114. The molecule has 0 atom stereocenters. The lowest BCUT2D eigenvalue weighted by Crippen LogP contribution is -2.43. The van der Waals surface area contributed by atoms with Crippen LogP contribution in [0.25, 0.3) is 11.3 Å². The molecule has 1 spiro atoms. The maximum atomic E-state index is 14.4. The molecule has 1 saturated carbocycles. The van der Waals surface area contributed by atoms with Crippen molar-refractivity contribution < 1.29 is 4.42 Å². The van der Waals surface area contributed by atoms with Crippen molar-refractivity contribution in [3.63, 3.8) is 0 Å². The third-order valence-electron chi connectivity index (χ3n) is 7.66. The Hall–Kier alpha value is -3.05. The van der Waals surface area contributed by atoms with Crippen LogP contribution in [0.1, 0.15) is 60.1 Å². The van der Waals surface area contributed by atoms with E-state index in [0.717, 1.165) is 52.8 Å². The van der Waals surface area contributed by atoms with Gasteiger partial charge in [0.05, 0.1) is 24.1 Å². The third-order valence-corrected chi connectivity index (χ3v) is 8.71. The Bertz CT molecular complexity index is 1400. The summed E-state index contributed by atoms with van der Waals surface area (Å²) in [4.78, 5) is 19.6. The molecule has 0 saturated heterocycles. The lowest BCUT2D eigenvalue weighted by Gasteiger charge is -2.42. The normalized spacial score (nSPS) is 16.1. The third kappa shape index (κ3) is 4.16. The van der Waals surface area contributed by atoms with Crippen LogP contribution >= 0.6 is 11.8 Å². The number of aryl methyl sites for hydroxylation is 1. The first-order chi connectivity index (χ1) is 17.1. The van der Waals surface area contributed by atoms with Crippen LogP contribution in [0.4, 0.5) is 0 Å². The van der Waals surface area contributed by atoms with Crippen LogP contribution in [0.3, 0.4) is 0 Å². The van der Waals surface area contributed by atoms with Crippen LogP contribution in [0, 0.1) is 6.92 Å². The Kier molecular flexibility index (Phi) is 5.89. The van der Waals surface area contributed by atoms with E-state index in [1.165, 1.54) is 36.0 Å². The Labute approximate surface area is 210 Å². The fraction of sp³-hybridized carbons (Fsp3) is 0.333. The molecule has 5 heteroatoms. The molecule has 0 unspecified atom stereocenters. The Morgan fingerprint density at radius 3 is 2.57 bits per heavy atom. The van der Waals surface area contributed by atoms with Gasteiger partial charge in [-0.15, -0.1) is 0 Å². The minimum absolute atomic E-state index is 0.106. The number of furan rings is 1. The number of rotatable bonds is 5. The molecule has 0 aliphatic heterocycles. The van der Waals surface area contributed by atoms with Gasteiger partial charge in [-0.05, 0) is 49.4 Å². The van der Waals surface area contributed by atoms with Crippen LogP contribution < -0.4 is 5.56 Å². The van der Waals surface area contributed by atoms with Gasteiger partial charge in [0.1, 0.15) is 5.76 Å². The highest BCUT2D eigenvalue weighted by atomic mass is 32.2. The highest BCUT2D eigenvalue weighted by molar-refractivity contribution is 7.98. The molecule has 6 rings (SSSR count). The van der Waals surface area contributed by atoms with Crippen molar-refractivity contribution in [3.05, 3.63) is 105 Å². The second-order valence-electron chi connectivity index (χ2n) is 10.0. The predicted octanol–water partition coefficient (Wildman–Crippen LogP) is 6.91. The predicted molar refractivity (Wildman–Crippen MR) is 141 cm³/mol. The molecule has 0 radical (unpaired) electrons. The number of aromatic nitrogens is 2. The minimum Gasteiger partial charge on any atom is -0.467 e. The quantitative estimate of drug-likeness (QED) is 0.229. The molecule has 0 bridgehead atoms. The first-order valence-corrected chi connectivity index (χ1v) is 13.6. The Balaban J connectivity index is 1.51. The topological polar surface area (TPSA) is 48.0 Å². The summed E-state index contributed by atoms with van der Waals surface area (Å²) < 4.78 is 7.53. The lowest BCUT2D eigenvalue weighted by molar-refractivity contribution is 0.282. The SMILES string of the molecule is Cc1ccc(CSc2nc3c(c(=O)n2Cc2ccco2)C2(CCCCC2)Cc2ccccc2-3)cc1. The van der Waals surface area contributed by atoms with Gasteiger partial charge in [0, 0.05) is 16.7 Å². The summed E-state index contributed by atoms with van der Waals surface area (Å²) in [5.41, 5.74) is 6.75. The summed E-state index contributed by atoms with van der Waals surface area (Å²) in [6.45, 7) is 2.50. The van der Waals surface area contributed by atoms with Crippen molar-refractivity contribution in [2.45, 2.75) is 68.3 Å². The summed E-state index contributed by atoms with van der Waals surface area (Å²) >= 11 is 1.63. The van der Waals surface area contributed by atoms with Gasteiger partial charge in [-0.25, -0.2) is 4.98 Å². The van der Waals surface area contributed by atoms with Crippen LogP contribution in [-0.4, -0.2) is 9.55 Å². The molecule has 0 N–H and O–H groups in total. The van der Waals surface area contributed by atoms with Gasteiger partial charge in [-0.2, -0.15) is 0 Å². The number of fused-ring (bicyclic) bond motifs is 4. The van der Waals surface area contributed by atoms with Gasteiger partial charge in [-0.1, -0.05) is 85.1 Å². The summed E-state index contributed by atoms with van der Waals surface area (Å²) in [5.74, 6) is 1.54. The van der Waals surface area contributed by atoms with E-state index in [1.807, 2.05) is 16.7 Å². The standard InChI is InChI=1S/C30H30N2O2S/c1-21-11-13-22(14-12-21)20-35-29-31-27-25-10-4-3-8-23(25)18-30(15-5-2-6-16-30)26(27)28(33)32(29)19-24-9-7-17-34-24/h3-4,7-14,17H,2,5-6,15-16,18-20H2,1H3. The van der Waals surface area contributed by atoms with Gasteiger partial charge in [-0.3, -0.25) is 9.36 Å². The molecule has 1 fully saturated rings. The molecule has 4 aromatic rings. The number of hydrogen-bond donors (Lipinski definition) is 0. The summed E-state index contributed by atoms with van der Waals surface area (Å²) in [7, 11) is 0. The van der Waals surface area contributed by atoms with Gasteiger partial charge in [0.15, 0.2) is 5.16 Å². The second kappa shape index (κ2) is 9.19. The van der Waals surface area contributed by atoms with Crippen LogP contribution in [0.2, 0.25) is 0 Å². The summed E-state index contributed by atoms with van der Waals surface area (Å²) in [6.07, 6.45) is 8.31. The first-order valence-electron chi connectivity index (χ1n) is 12.6. The van der Waals surface area contributed by atoms with Crippen molar-refractivity contribution in [2.24, 2.45) is 0 Å². The molecule has 0 amide bonds. The zero-order chi connectivity index (χ0) is 23.8. The number of hydrogen-bond acceptors (Lipinski definition) is 4. The molecule has 2 aliphatic carbocycles. The molecule has 35 heavy (non-hydrogen) atoms. The van der Waals surface area contributed by atoms with E-state index in [9.17, 15) is 4.79 Å². The molecule has 4 nitrogen and oxygen atoms in total. The van der Waals surface area contributed by atoms with Gasteiger partial charge >= 0.3 is 0 Å². The lowest BCUT2D eigenvalue weighted by atomic mass is 9.62. The molecular weight excluding hydrogens is 452 g/mol. The first kappa shape index (κ1) is 22.4. The maximum Gasteiger partial charge on any atom is 0.258 e. The molecule has 178 valence electrons. The van der Waals surface area contributed by atoms with Gasteiger partial charge < -0.3 is 4.42 Å². The van der Waals surface area contributed by atoms with Crippen molar-refractivity contribution in [2.75, 3.05) is 0 Å². The van der Waals surface area contributed by atoms with E-state index >= 15 is 0 Å². The molecule has 2 aliphatic rings. The molecular formula is C30H30N2O2S. The van der Waals surface area contributed by atoms with Crippen molar-refractivity contribution in [3.8, 4) is 11.3 Å². The zero-order valence-electron chi connectivity index (χ0n) is 20.1.